The van der Waals surface area contributed by atoms with Crippen molar-refractivity contribution in [3.63, 3.8) is 0 Å². The summed E-state index contributed by atoms with van der Waals surface area (Å²) in [5, 5.41) is 4.71. The van der Waals surface area contributed by atoms with Crippen molar-refractivity contribution in [1.29, 1.82) is 0 Å². The highest BCUT2D eigenvalue weighted by Gasteiger charge is 2.14. The van der Waals surface area contributed by atoms with Gasteiger partial charge in [-0.2, -0.15) is 0 Å². The molecule has 0 saturated heterocycles. The molecule has 2 nitrogen and oxygen atoms in total. The van der Waals surface area contributed by atoms with Crippen molar-refractivity contribution in [2.24, 2.45) is 0 Å². The number of aryl methyl sites for hydroxylation is 4. The molecule has 0 fully saturated rings. The van der Waals surface area contributed by atoms with Gasteiger partial charge in [0.15, 0.2) is 0 Å². The molecule has 1 aromatic carbocycles. The Labute approximate surface area is 118 Å². The predicted octanol–water partition coefficient (Wildman–Crippen LogP) is 4.25. The maximum Gasteiger partial charge on any atom is 0.112 e. The predicted molar refractivity (Wildman–Crippen MR) is 82.0 cm³/mol. The Morgan fingerprint density at radius 3 is 2.79 bits per heavy atom. The van der Waals surface area contributed by atoms with Gasteiger partial charge in [0.1, 0.15) is 5.01 Å². The molecular formula is C16H20N2S. The molecule has 1 aliphatic carbocycles. The van der Waals surface area contributed by atoms with Crippen LogP contribution in [0.15, 0.2) is 18.2 Å². The zero-order valence-corrected chi connectivity index (χ0v) is 12.4. The number of nitrogens with one attached hydrogen (secondary N) is 1. The summed E-state index contributed by atoms with van der Waals surface area (Å²) >= 11 is 1.89. The summed E-state index contributed by atoms with van der Waals surface area (Å²) in [7, 11) is 0. The molecule has 0 spiro atoms. The van der Waals surface area contributed by atoms with E-state index in [0.29, 0.717) is 0 Å². The van der Waals surface area contributed by atoms with Crippen molar-refractivity contribution in [3.05, 3.63) is 44.9 Å². The highest BCUT2D eigenvalue weighted by atomic mass is 32.1. The van der Waals surface area contributed by atoms with E-state index in [4.69, 9.17) is 4.98 Å². The molecular weight excluding hydrogens is 252 g/mol. The lowest BCUT2D eigenvalue weighted by atomic mass is 10.0. The van der Waals surface area contributed by atoms with Gasteiger partial charge in [0.2, 0.25) is 0 Å². The van der Waals surface area contributed by atoms with Crippen molar-refractivity contribution in [2.45, 2.75) is 46.1 Å². The summed E-state index contributed by atoms with van der Waals surface area (Å²) in [6.45, 7) is 5.15. The van der Waals surface area contributed by atoms with E-state index < -0.39 is 0 Å². The van der Waals surface area contributed by atoms with E-state index in [2.05, 4.69) is 37.4 Å². The highest BCUT2D eigenvalue weighted by Crippen LogP contribution is 2.27. The van der Waals surface area contributed by atoms with Crippen molar-refractivity contribution in [3.8, 4) is 0 Å². The lowest BCUT2D eigenvalue weighted by molar-refractivity contribution is 0.681. The number of fused-ring (bicyclic) bond motifs is 1. The fourth-order valence-corrected chi connectivity index (χ4v) is 3.61. The lowest BCUT2D eigenvalue weighted by Gasteiger charge is -2.07. The largest absolute Gasteiger partial charge is 0.379 e. The minimum absolute atomic E-state index is 0.847. The van der Waals surface area contributed by atoms with Crippen molar-refractivity contribution < 1.29 is 0 Å². The number of rotatable bonds is 3. The molecule has 3 rings (SSSR count). The van der Waals surface area contributed by atoms with Gasteiger partial charge >= 0.3 is 0 Å². The molecule has 0 bridgehead atoms. The maximum atomic E-state index is 4.76. The minimum atomic E-state index is 0.847. The van der Waals surface area contributed by atoms with E-state index in [1.807, 2.05) is 11.3 Å². The average molecular weight is 272 g/mol. The standard InChI is InChI=1S/C16H20N2S/c1-11-7-8-13(9-12(11)2)17-10-16-18-14-5-3-4-6-15(14)19-16/h7-9,17H,3-6,10H2,1-2H3. The molecule has 2 aromatic rings. The number of hydrogen-bond donors (Lipinski definition) is 1. The van der Waals surface area contributed by atoms with Crippen molar-refractivity contribution in [1.82, 2.24) is 4.98 Å². The van der Waals surface area contributed by atoms with Gasteiger partial charge < -0.3 is 5.32 Å². The second-order valence-corrected chi connectivity index (χ2v) is 6.51. The molecule has 1 aliphatic rings. The van der Waals surface area contributed by atoms with Gasteiger partial charge in [0.05, 0.1) is 12.2 Å². The van der Waals surface area contributed by atoms with Crippen LogP contribution in [0.4, 0.5) is 5.69 Å². The Morgan fingerprint density at radius 1 is 1.16 bits per heavy atom. The van der Waals surface area contributed by atoms with E-state index in [0.717, 1.165) is 6.54 Å². The SMILES string of the molecule is Cc1ccc(NCc2nc3c(s2)CCCC3)cc1C. The van der Waals surface area contributed by atoms with E-state index in [1.165, 1.54) is 58.1 Å². The van der Waals surface area contributed by atoms with Crippen LogP contribution >= 0.6 is 11.3 Å². The first-order valence-electron chi connectivity index (χ1n) is 7.01. The van der Waals surface area contributed by atoms with Crippen molar-refractivity contribution in [2.75, 3.05) is 5.32 Å². The molecule has 3 heteroatoms. The second kappa shape index (κ2) is 5.33. The molecule has 0 saturated carbocycles. The number of anilines is 1. The third-order valence-electron chi connectivity index (χ3n) is 3.84. The quantitative estimate of drug-likeness (QED) is 0.903. The summed E-state index contributed by atoms with van der Waals surface area (Å²) in [6.07, 6.45) is 5.05. The summed E-state index contributed by atoms with van der Waals surface area (Å²) in [6, 6.07) is 6.53. The van der Waals surface area contributed by atoms with Gasteiger partial charge in [-0.1, -0.05) is 6.07 Å². The number of hydrogen-bond acceptors (Lipinski definition) is 3. The Balaban J connectivity index is 1.68. The third kappa shape index (κ3) is 2.81. The first kappa shape index (κ1) is 12.7. The van der Waals surface area contributed by atoms with E-state index in [-0.39, 0.29) is 0 Å². The second-order valence-electron chi connectivity index (χ2n) is 5.34. The van der Waals surface area contributed by atoms with E-state index in [9.17, 15) is 0 Å². The van der Waals surface area contributed by atoms with Crippen LogP contribution in [0, 0.1) is 13.8 Å². The van der Waals surface area contributed by atoms with Crippen molar-refractivity contribution >= 4 is 17.0 Å². The third-order valence-corrected chi connectivity index (χ3v) is 5.00. The van der Waals surface area contributed by atoms with Gasteiger partial charge in [0, 0.05) is 10.6 Å². The lowest BCUT2D eigenvalue weighted by Crippen LogP contribution is -2.01. The van der Waals surface area contributed by atoms with Gasteiger partial charge in [-0.15, -0.1) is 11.3 Å². The van der Waals surface area contributed by atoms with E-state index >= 15 is 0 Å². The molecule has 0 unspecified atom stereocenters. The smallest absolute Gasteiger partial charge is 0.112 e. The number of nitrogens with zero attached hydrogens (tertiary/aromatic N) is 1. The Bertz CT molecular complexity index is 563. The molecule has 100 valence electrons. The van der Waals surface area contributed by atoms with Crippen LogP contribution in [0.25, 0.3) is 0 Å². The normalized spacial score (nSPS) is 14.2. The Hall–Kier alpha value is -1.35. The Kier molecular flexibility index (Phi) is 3.56. The van der Waals surface area contributed by atoms with Gasteiger partial charge in [-0.3, -0.25) is 0 Å². The molecule has 0 radical (unpaired) electrons. The summed E-state index contributed by atoms with van der Waals surface area (Å²) in [5.41, 5.74) is 5.23. The van der Waals surface area contributed by atoms with Gasteiger partial charge in [-0.25, -0.2) is 4.98 Å². The van der Waals surface area contributed by atoms with Crippen LogP contribution in [0.3, 0.4) is 0 Å². The molecule has 1 aromatic heterocycles. The van der Waals surface area contributed by atoms with Crippen LogP contribution < -0.4 is 5.32 Å². The van der Waals surface area contributed by atoms with E-state index in [1.54, 1.807) is 0 Å². The minimum Gasteiger partial charge on any atom is -0.379 e. The first-order chi connectivity index (χ1) is 9.22. The average Bonchev–Trinajstić information content (AvgIpc) is 2.83. The zero-order valence-electron chi connectivity index (χ0n) is 11.6. The fourth-order valence-electron chi connectivity index (χ4n) is 2.51. The Morgan fingerprint density at radius 2 is 2.00 bits per heavy atom. The highest BCUT2D eigenvalue weighted by molar-refractivity contribution is 7.11. The molecule has 0 aliphatic heterocycles. The van der Waals surface area contributed by atoms with Crippen LogP contribution in [-0.4, -0.2) is 4.98 Å². The summed E-state index contributed by atoms with van der Waals surface area (Å²) in [5.74, 6) is 0. The molecule has 1 N–H and O–H groups in total. The van der Waals surface area contributed by atoms with Crippen LogP contribution in [-0.2, 0) is 19.4 Å². The molecule has 1 heterocycles. The number of aromatic nitrogens is 1. The van der Waals surface area contributed by atoms with Crippen LogP contribution in [0.1, 0.15) is 39.5 Å². The van der Waals surface area contributed by atoms with Gasteiger partial charge in [0.25, 0.3) is 0 Å². The van der Waals surface area contributed by atoms with Gasteiger partial charge in [-0.05, 0) is 62.8 Å². The fraction of sp³-hybridized carbons (Fsp3) is 0.438. The zero-order chi connectivity index (χ0) is 13.2. The summed E-state index contributed by atoms with van der Waals surface area (Å²) < 4.78 is 0. The number of benzene rings is 1. The summed E-state index contributed by atoms with van der Waals surface area (Å²) in [4.78, 5) is 6.28. The molecule has 0 amide bonds. The first-order valence-corrected chi connectivity index (χ1v) is 7.82. The van der Waals surface area contributed by atoms with Crippen LogP contribution in [0.2, 0.25) is 0 Å². The maximum absolute atomic E-state index is 4.76. The monoisotopic (exact) mass is 272 g/mol. The van der Waals surface area contributed by atoms with Crippen LogP contribution in [0.5, 0.6) is 0 Å². The molecule has 19 heavy (non-hydrogen) atoms. The number of thiazole rings is 1. The molecule has 0 atom stereocenters. The topological polar surface area (TPSA) is 24.9 Å².